The van der Waals surface area contributed by atoms with E-state index in [0.29, 0.717) is 23.2 Å². The van der Waals surface area contributed by atoms with Crippen molar-refractivity contribution in [1.29, 1.82) is 0 Å². The Morgan fingerprint density at radius 3 is 2.65 bits per heavy atom. The van der Waals surface area contributed by atoms with Crippen molar-refractivity contribution < 1.29 is 0 Å². The van der Waals surface area contributed by atoms with E-state index in [-0.39, 0.29) is 5.56 Å². The average Bonchev–Trinajstić information content (AvgIpc) is 2.79. The van der Waals surface area contributed by atoms with E-state index in [1.807, 2.05) is 32.2 Å². The van der Waals surface area contributed by atoms with Gasteiger partial charge < -0.3 is 20.1 Å². The molecule has 0 saturated carbocycles. The summed E-state index contributed by atoms with van der Waals surface area (Å²) in [6, 6.07) is 8.52. The van der Waals surface area contributed by atoms with E-state index in [2.05, 4.69) is 57.6 Å². The van der Waals surface area contributed by atoms with Gasteiger partial charge in [0.2, 0.25) is 0 Å². The lowest BCUT2D eigenvalue weighted by molar-refractivity contribution is 0.259. The number of aromatic nitrogens is 2. The average molecular weight is 480 g/mol. The maximum absolute atomic E-state index is 12.5. The van der Waals surface area contributed by atoms with E-state index in [9.17, 15) is 4.79 Å². The minimum Gasteiger partial charge on any atom is -0.375 e. The van der Waals surface area contributed by atoms with Crippen molar-refractivity contribution in [1.82, 2.24) is 14.9 Å². The zero-order valence-corrected chi connectivity index (χ0v) is 21.3. The van der Waals surface area contributed by atoms with Crippen molar-refractivity contribution in [3.63, 3.8) is 0 Å². The molecule has 0 aliphatic carbocycles. The summed E-state index contributed by atoms with van der Waals surface area (Å²) < 4.78 is 0. The van der Waals surface area contributed by atoms with Crippen LogP contribution in [0.5, 0.6) is 0 Å². The van der Waals surface area contributed by atoms with Gasteiger partial charge in [0.1, 0.15) is 5.82 Å². The van der Waals surface area contributed by atoms with Crippen LogP contribution in [0.4, 0.5) is 11.5 Å². The first-order chi connectivity index (χ1) is 16.3. The van der Waals surface area contributed by atoms with Gasteiger partial charge in [-0.25, -0.2) is 4.98 Å². The molecule has 2 aromatic heterocycles. The second-order valence-electron chi connectivity index (χ2n) is 9.22. The molecule has 1 fully saturated rings. The van der Waals surface area contributed by atoms with Gasteiger partial charge in [-0.05, 0) is 70.4 Å². The standard InChI is InChI=1S/C27H34ClN5O/c1-6-33(21-8-11-32(12-9-21)17(2)3)25-15-20(28)14-23-22(25)7-10-29-26(23)30-16-24-18(4)13-19(5)31-27(24)34/h7,10,13-15,21H,2,6,8-9,11-12,16H2,1,3-5H3,(H,29,30)(H,31,34). The number of hydrogen-bond donors (Lipinski definition) is 2. The Balaban J connectivity index is 1.66. The van der Waals surface area contributed by atoms with Crippen LogP contribution >= 0.6 is 11.6 Å². The van der Waals surface area contributed by atoms with Gasteiger partial charge in [0.25, 0.3) is 5.56 Å². The SMILES string of the molecule is C=C(C)N1CCC(N(CC)c2cc(Cl)cc3c(NCc4c(C)cc(C)[nH]c4=O)nccc23)CC1. The molecule has 1 saturated heterocycles. The normalized spacial score (nSPS) is 14.4. The van der Waals surface area contributed by atoms with Gasteiger partial charge in [0, 0.05) is 76.9 Å². The Morgan fingerprint density at radius 2 is 2.00 bits per heavy atom. The molecule has 1 aliphatic rings. The molecule has 34 heavy (non-hydrogen) atoms. The molecule has 0 amide bonds. The molecular weight excluding hydrogens is 446 g/mol. The Morgan fingerprint density at radius 1 is 1.26 bits per heavy atom. The molecule has 3 aromatic rings. The third-order valence-electron chi connectivity index (χ3n) is 6.84. The molecule has 0 radical (unpaired) electrons. The van der Waals surface area contributed by atoms with Crippen molar-refractivity contribution in [3.8, 4) is 0 Å². The minimum absolute atomic E-state index is 0.0674. The number of hydrogen-bond acceptors (Lipinski definition) is 5. The maximum atomic E-state index is 12.5. The monoisotopic (exact) mass is 479 g/mol. The molecule has 180 valence electrons. The highest BCUT2D eigenvalue weighted by atomic mass is 35.5. The lowest BCUT2D eigenvalue weighted by atomic mass is 10.00. The first kappa shape index (κ1) is 24.1. The molecule has 4 rings (SSSR count). The van der Waals surface area contributed by atoms with Crippen LogP contribution in [0.2, 0.25) is 5.02 Å². The summed E-state index contributed by atoms with van der Waals surface area (Å²) in [6.45, 7) is 15.6. The van der Waals surface area contributed by atoms with Gasteiger partial charge in [-0.3, -0.25) is 4.79 Å². The topological polar surface area (TPSA) is 64.3 Å². The number of anilines is 2. The Kier molecular flexibility index (Phi) is 7.17. The van der Waals surface area contributed by atoms with Crippen molar-refractivity contribution in [3.05, 3.63) is 74.9 Å². The predicted molar refractivity (Wildman–Crippen MR) is 143 cm³/mol. The largest absolute Gasteiger partial charge is 0.375 e. The summed E-state index contributed by atoms with van der Waals surface area (Å²) in [5.74, 6) is 0.730. The van der Waals surface area contributed by atoms with Crippen LogP contribution in [-0.4, -0.2) is 40.5 Å². The molecule has 3 heterocycles. The lowest BCUT2D eigenvalue weighted by Crippen LogP contribution is -2.44. The van der Waals surface area contributed by atoms with E-state index in [0.717, 1.165) is 71.7 Å². The highest BCUT2D eigenvalue weighted by Gasteiger charge is 2.25. The van der Waals surface area contributed by atoms with Crippen LogP contribution in [0.3, 0.4) is 0 Å². The third kappa shape index (κ3) is 4.92. The van der Waals surface area contributed by atoms with Crippen molar-refractivity contribution >= 4 is 33.9 Å². The first-order valence-electron chi connectivity index (χ1n) is 12.0. The summed E-state index contributed by atoms with van der Waals surface area (Å²) in [5, 5.41) is 6.14. The van der Waals surface area contributed by atoms with E-state index >= 15 is 0 Å². The molecule has 6 nitrogen and oxygen atoms in total. The number of pyridine rings is 2. The number of H-pyrrole nitrogens is 1. The summed E-state index contributed by atoms with van der Waals surface area (Å²) >= 11 is 6.63. The molecule has 7 heteroatoms. The molecule has 1 aliphatic heterocycles. The highest BCUT2D eigenvalue weighted by Crippen LogP contribution is 2.36. The van der Waals surface area contributed by atoms with Gasteiger partial charge >= 0.3 is 0 Å². The number of likely N-dealkylation sites (tertiary alicyclic amines) is 1. The predicted octanol–water partition coefficient (Wildman–Crippen LogP) is 5.63. The van der Waals surface area contributed by atoms with Gasteiger partial charge in [0.15, 0.2) is 0 Å². The zero-order chi connectivity index (χ0) is 24.4. The number of nitrogens with one attached hydrogen (secondary N) is 2. The highest BCUT2D eigenvalue weighted by molar-refractivity contribution is 6.32. The summed E-state index contributed by atoms with van der Waals surface area (Å²) in [5.41, 5.74) is 4.74. The van der Waals surface area contributed by atoms with E-state index in [4.69, 9.17) is 11.6 Å². The summed E-state index contributed by atoms with van der Waals surface area (Å²) in [6.07, 6.45) is 3.99. The smallest absolute Gasteiger partial charge is 0.253 e. The summed E-state index contributed by atoms with van der Waals surface area (Å²) in [4.78, 5) is 24.8. The Hall–Kier alpha value is -2.99. The number of halogens is 1. The molecule has 2 N–H and O–H groups in total. The van der Waals surface area contributed by atoms with E-state index in [1.54, 1.807) is 0 Å². The number of allylic oxidation sites excluding steroid dienone is 1. The number of aromatic amines is 1. The van der Waals surface area contributed by atoms with E-state index < -0.39 is 0 Å². The second-order valence-corrected chi connectivity index (χ2v) is 9.65. The molecule has 0 spiro atoms. The zero-order valence-electron chi connectivity index (χ0n) is 20.5. The quantitative estimate of drug-likeness (QED) is 0.459. The lowest BCUT2D eigenvalue weighted by Gasteiger charge is -2.40. The first-order valence-corrected chi connectivity index (χ1v) is 12.3. The molecular formula is C27H34ClN5O. The minimum atomic E-state index is -0.0674. The Labute approximate surface area is 206 Å². The van der Waals surface area contributed by atoms with Crippen LogP contribution in [0.1, 0.15) is 43.5 Å². The molecule has 0 bridgehead atoms. The number of aryl methyl sites for hydroxylation is 2. The van der Waals surface area contributed by atoms with E-state index in [1.165, 1.54) is 0 Å². The Bertz CT molecular complexity index is 1260. The van der Waals surface area contributed by atoms with Crippen molar-refractivity contribution in [2.75, 3.05) is 29.9 Å². The maximum Gasteiger partial charge on any atom is 0.253 e. The van der Waals surface area contributed by atoms with Gasteiger partial charge in [-0.15, -0.1) is 0 Å². The summed E-state index contributed by atoms with van der Waals surface area (Å²) in [7, 11) is 0. The number of rotatable bonds is 7. The molecule has 1 aromatic carbocycles. The van der Waals surface area contributed by atoms with Crippen LogP contribution in [0.15, 0.2) is 47.5 Å². The van der Waals surface area contributed by atoms with Gasteiger partial charge in [-0.1, -0.05) is 18.2 Å². The van der Waals surface area contributed by atoms with Crippen LogP contribution in [0, 0.1) is 13.8 Å². The number of fused-ring (bicyclic) bond motifs is 1. The molecule has 0 atom stereocenters. The fourth-order valence-corrected chi connectivity index (χ4v) is 5.28. The third-order valence-corrected chi connectivity index (χ3v) is 7.06. The van der Waals surface area contributed by atoms with Crippen molar-refractivity contribution in [2.24, 2.45) is 0 Å². The molecule has 0 unspecified atom stereocenters. The van der Waals surface area contributed by atoms with Crippen LogP contribution < -0.4 is 15.8 Å². The fraction of sp³-hybridized carbons (Fsp3) is 0.407. The fourth-order valence-electron chi connectivity index (χ4n) is 5.07. The number of benzene rings is 1. The van der Waals surface area contributed by atoms with Crippen molar-refractivity contribution in [2.45, 2.75) is 53.1 Å². The number of piperidine rings is 1. The van der Waals surface area contributed by atoms with Gasteiger partial charge in [0.05, 0.1) is 0 Å². The van der Waals surface area contributed by atoms with Crippen LogP contribution in [0.25, 0.3) is 10.8 Å². The second kappa shape index (κ2) is 10.1. The van der Waals surface area contributed by atoms with Gasteiger partial charge in [-0.2, -0.15) is 0 Å². The number of nitrogens with zero attached hydrogens (tertiary/aromatic N) is 3. The van der Waals surface area contributed by atoms with Crippen LogP contribution in [-0.2, 0) is 6.54 Å².